The van der Waals surface area contributed by atoms with Gasteiger partial charge in [-0.05, 0) is 69.0 Å². The summed E-state index contributed by atoms with van der Waals surface area (Å²) in [7, 11) is -3.66. The van der Waals surface area contributed by atoms with E-state index in [1.54, 1.807) is 29.2 Å². The predicted octanol–water partition coefficient (Wildman–Crippen LogP) is 5.26. The lowest BCUT2D eigenvalue weighted by Gasteiger charge is -2.34. The van der Waals surface area contributed by atoms with E-state index in [4.69, 9.17) is 11.6 Å². The molecular weight excluding hydrogens is 494 g/mol. The molecule has 3 aromatic carbocycles. The zero-order valence-electron chi connectivity index (χ0n) is 21.3. The van der Waals surface area contributed by atoms with Gasteiger partial charge in [-0.25, -0.2) is 8.42 Å². The van der Waals surface area contributed by atoms with E-state index >= 15 is 0 Å². The smallest absolute Gasteiger partial charge is 0.253 e. The quantitative estimate of drug-likeness (QED) is 0.420. The molecule has 6 nitrogen and oxygen atoms in total. The van der Waals surface area contributed by atoms with Crippen LogP contribution >= 0.6 is 11.6 Å². The average Bonchev–Trinajstić information content (AvgIpc) is 2.87. The summed E-state index contributed by atoms with van der Waals surface area (Å²) in [6, 6.07) is 19.1. The standard InChI is InChI=1S/C28H34ClN3O3S/c1-20(2)32(21(3)4)19-22-8-10-23(11-9-22)28(33)30-14-16-31(17-15-30)36(34,35)25-12-13-26-24(18-25)6-5-7-27(26)29/h5-13,18,20-21H,14-17,19H2,1-4H3. The van der Waals surface area contributed by atoms with Gasteiger partial charge in [0.15, 0.2) is 0 Å². The third-order valence-corrected chi connectivity index (χ3v) is 9.08. The lowest BCUT2D eigenvalue weighted by molar-refractivity contribution is 0.0698. The van der Waals surface area contributed by atoms with E-state index in [0.29, 0.717) is 35.8 Å². The predicted molar refractivity (Wildman–Crippen MR) is 146 cm³/mol. The maximum absolute atomic E-state index is 13.3. The highest BCUT2D eigenvalue weighted by Crippen LogP contribution is 2.27. The Morgan fingerprint density at radius 3 is 2.17 bits per heavy atom. The first kappa shape index (κ1) is 26.6. The first-order chi connectivity index (χ1) is 17.1. The minimum Gasteiger partial charge on any atom is -0.336 e. The fraction of sp³-hybridized carbons (Fsp3) is 0.393. The molecule has 1 fully saturated rings. The highest BCUT2D eigenvalue weighted by atomic mass is 35.5. The van der Waals surface area contributed by atoms with Crippen molar-refractivity contribution in [2.45, 2.75) is 51.2 Å². The molecule has 0 radical (unpaired) electrons. The Balaban J connectivity index is 1.40. The van der Waals surface area contributed by atoms with Crippen LogP contribution in [-0.4, -0.2) is 66.7 Å². The molecule has 0 spiro atoms. The van der Waals surface area contributed by atoms with Crippen LogP contribution in [0.25, 0.3) is 10.8 Å². The molecule has 36 heavy (non-hydrogen) atoms. The number of carbonyl (C=O) groups is 1. The highest BCUT2D eigenvalue weighted by molar-refractivity contribution is 7.89. The van der Waals surface area contributed by atoms with Crippen molar-refractivity contribution in [3.63, 3.8) is 0 Å². The number of piperazine rings is 1. The summed E-state index contributed by atoms with van der Waals surface area (Å²) >= 11 is 6.22. The van der Waals surface area contributed by atoms with Gasteiger partial charge >= 0.3 is 0 Å². The number of benzene rings is 3. The second-order valence-electron chi connectivity index (χ2n) is 9.88. The van der Waals surface area contributed by atoms with Gasteiger partial charge in [0.05, 0.1) is 4.90 Å². The van der Waals surface area contributed by atoms with Crippen LogP contribution in [0.4, 0.5) is 0 Å². The van der Waals surface area contributed by atoms with Crippen molar-refractivity contribution in [3.8, 4) is 0 Å². The number of halogens is 1. The minimum absolute atomic E-state index is 0.0662. The number of carbonyl (C=O) groups excluding carboxylic acids is 1. The van der Waals surface area contributed by atoms with Gasteiger partial charge in [0, 0.05) is 60.8 Å². The first-order valence-electron chi connectivity index (χ1n) is 12.4. The van der Waals surface area contributed by atoms with Crippen LogP contribution in [0, 0.1) is 0 Å². The van der Waals surface area contributed by atoms with Gasteiger partial charge in [0.2, 0.25) is 10.0 Å². The molecule has 1 saturated heterocycles. The lowest BCUT2D eigenvalue weighted by Crippen LogP contribution is -2.50. The van der Waals surface area contributed by atoms with E-state index in [2.05, 4.69) is 32.6 Å². The zero-order valence-corrected chi connectivity index (χ0v) is 22.9. The molecule has 1 heterocycles. The summed E-state index contributed by atoms with van der Waals surface area (Å²) in [6.07, 6.45) is 0. The Bertz CT molecular complexity index is 1320. The average molecular weight is 528 g/mol. The van der Waals surface area contributed by atoms with Crippen LogP contribution in [0.3, 0.4) is 0 Å². The fourth-order valence-electron chi connectivity index (χ4n) is 4.77. The molecule has 1 amide bonds. The summed E-state index contributed by atoms with van der Waals surface area (Å²) < 4.78 is 28.0. The topological polar surface area (TPSA) is 60.9 Å². The number of hydrogen-bond acceptors (Lipinski definition) is 4. The van der Waals surface area contributed by atoms with Crippen molar-refractivity contribution in [2.75, 3.05) is 26.2 Å². The summed E-state index contributed by atoms with van der Waals surface area (Å²) in [4.78, 5) is 17.5. The summed E-state index contributed by atoms with van der Waals surface area (Å²) in [6.45, 7) is 10.8. The molecule has 1 aliphatic heterocycles. The van der Waals surface area contributed by atoms with Crippen molar-refractivity contribution in [2.24, 2.45) is 0 Å². The van der Waals surface area contributed by atoms with Gasteiger partial charge in [-0.15, -0.1) is 0 Å². The summed E-state index contributed by atoms with van der Waals surface area (Å²) in [5, 5.41) is 2.19. The third kappa shape index (κ3) is 5.59. The van der Waals surface area contributed by atoms with Gasteiger partial charge in [-0.2, -0.15) is 4.31 Å². The number of amides is 1. The van der Waals surface area contributed by atoms with Crippen LogP contribution in [0.1, 0.15) is 43.6 Å². The molecule has 3 aromatic rings. The van der Waals surface area contributed by atoms with Gasteiger partial charge in [-0.1, -0.05) is 41.9 Å². The summed E-state index contributed by atoms with van der Waals surface area (Å²) in [5.74, 6) is -0.0662. The molecule has 0 aromatic heterocycles. The second-order valence-corrected chi connectivity index (χ2v) is 12.2. The Kier molecular flexibility index (Phi) is 8.05. The number of rotatable bonds is 7. The molecule has 0 unspecified atom stereocenters. The Labute approximate surface area is 219 Å². The molecule has 0 bridgehead atoms. The fourth-order valence-corrected chi connectivity index (χ4v) is 6.47. The number of fused-ring (bicyclic) bond motifs is 1. The van der Waals surface area contributed by atoms with Gasteiger partial charge in [-0.3, -0.25) is 9.69 Å². The molecule has 1 aliphatic rings. The Hall–Kier alpha value is -2.45. The van der Waals surface area contributed by atoms with E-state index < -0.39 is 10.0 Å². The van der Waals surface area contributed by atoms with E-state index in [1.165, 1.54) is 9.87 Å². The van der Waals surface area contributed by atoms with Gasteiger partial charge in [0.25, 0.3) is 5.91 Å². The monoisotopic (exact) mass is 527 g/mol. The Morgan fingerprint density at radius 1 is 0.917 bits per heavy atom. The molecule has 0 saturated carbocycles. The van der Waals surface area contributed by atoms with Gasteiger partial charge in [0.1, 0.15) is 0 Å². The van der Waals surface area contributed by atoms with Crippen molar-refractivity contribution >= 4 is 38.3 Å². The van der Waals surface area contributed by atoms with E-state index in [-0.39, 0.29) is 23.9 Å². The van der Waals surface area contributed by atoms with Crippen LogP contribution in [0.5, 0.6) is 0 Å². The van der Waals surface area contributed by atoms with Crippen LogP contribution in [-0.2, 0) is 16.6 Å². The number of hydrogen-bond donors (Lipinski definition) is 0. The number of nitrogens with zero attached hydrogens (tertiary/aromatic N) is 3. The van der Waals surface area contributed by atoms with Crippen LogP contribution in [0.2, 0.25) is 5.02 Å². The molecular formula is C28H34ClN3O3S. The van der Waals surface area contributed by atoms with Crippen LogP contribution in [0.15, 0.2) is 65.6 Å². The molecule has 0 aliphatic carbocycles. The van der Waals surface area contributed by atoms with E-state index in [0.717, 1.165) is 17.3 Å². The first-order valence-corrected chi connectivity index (χ1v) is 14.2. The van der Waals surface area contributed by atoms with Gasteiger partial charge < -0.3 is 4.90 Å². The Morgan fingerprint density at radius 2 is 1.56 bits per heavy atom. The van der Waals surface area contributed by atoms with Crippen molar-refractivity contribution in [1.29, 1.82) is 0 Å². The maximum atomic E-state index is 13.3. The molecule has 192 valence electrons. The molecule has 8 heteroatoms. The van der Waals surface area contributed by atoms with E-state index in [1.807, 2.05) is 36.4 Å². The van der Waals surface area contributed by atoms with Crippen molar-refractivity contribution in [3.05, 3.63) is 76.8 Å². The molecule has 4 rings (SSSR count). The molecule has 0 atom stereocenters. The lowest BCUT2D eigenvalue weighted by atomic mass is 10.1. The highest BCUT2D eigenvalue weighted by Gasteiger charge is 2.30. The molecule has 0 N–H and O–H groups in total. The maximum Gasteiger partial charge on any atom is 0.253 e. The van der Waals surface area contributed by atoms with Crippen molar-refractivity contribution in [1.82, 2.24) is 14.1 Å². The third-order valence-electron chi connectivity index (χ3n) is 6.85. The van der Waals surface area contributed by atoms with Crippen LogP contribution < -0.4 is 0 Å². The normalized spacial score (nSPS) is 15.4. The van der Waals surface area contributed by atoms with E-state index in [9.17, 15) is 13.2 Å². The zero-order chi connectivity index (χ0) is 26.0. The minimum atomic E-state index is -3.66. The summed E-state index contributed by atoms with van der Waals surface area (Å²) in [5.41, 5.74) is 1.80. The largest absolute Gasteiger partial charge is 0.336 e. The SMILES string of the molecule is CC(C)N(Cc1ccc(C(=O)N2CCN(S(=O)(=O)c3ccc4c(Cl)cccc4c3)CC2)cc1)C(C)C. The second kappa shape index (κ2) is 10.9. The van der Waals surface area contributed by atoms with Crippen molar-refractivity contribution < 1.29 is 13.2 Å². The number of sulfonamides is 1.